The van der Waals surface area contributed by atoms with Crippen molar-refractivity contribution in [3.8, 4) is 22.8 Å². The van der Waals surface area contributed by atoms with Gasteiger partial charge in [0, 0.05) is 54.3 Å². The van der Waals surface area contributed by atoms with Crippen molar-refractivity contribution in [2.45, 2.75) is 0 Å². The Morgan fingerprint density at radius 3 is 2.69 bits per heavy atom. The third-order valence-electron chi connectivity index (χ3n) is 6.63. The fourth-order valence-electron chi connectivity index (χ4n) is 4.62. The minimum atomic E-state index is -0.476. The van der Waals surface area contributed by atoms with E-state index in [-0.39, 0.29) is 17.5 Å². The Hall–Kier alpha value is -4.76. The van der Waals surface area contributed by atoms with Crippen molar-refractivity contribution in [1.29, 1.82) is 0 Å². The molecule has 1 fully saturated rings. The molecule has 0 saturated carbocycles. The number of pyridine rings is 2. The van der Waals surface area contributed by atoms with E-state index < -0.39 is 5.82 Å². The Balaban J connectivity index is 1.19. The summed E-state index contributed by atoms with van der Waals surface area (Å²) in [7, 11) is 0. The van der Waals surface area contributed by atoms with E-state index in [0.29, 0.717) is 31.0 Å². The van der Waals surface area contributed by atoms with Crippen molar-refractivity contribution in [2.75, 3.05) is 48.4 Å². The molecule has 1 saturated heterocycles. The van der Waals surface area contributed by atoms with Crippen molar-refractivity contribution < 1.29 is 18.7 Å². The number of fused-ring (bicyclic) bond motifs is 1. The molecule has 0 aliphatic carbocycles. The van der Waals surface area contributed by atoms with Crippen LogP contribution in [0.3, 0.4) is 0 Å². The second kappa shape index (κ2) is 10.9. The number of anilines is 3. The van der Waals surface area contributed by atoms with Crippen LogP contribution in [0.4, 0.5) is 21.5 Å². The highest BCUT2D eigenvalue weighted by Crippen LogP contribution is 2.34. The van der Waals surface area contributed by atoms with Crippen molar-refractivity contribution in [3.63, 3.8) is 0 Å². The first-order chi connectivity index (χ1) is 19.1. The van der Waals surface area contributed by atoms with E-state index in [4.69, 9.17) is 9.47 Å². The second-order valence-electron chi connectivity index (χ2n) is 9.16. The monoisotopic (exact) mass is 523 g/mol. The number of morpholine rings is 1. The van der Waals surface area contributed by atoms with E-state index in [1.165, 1.54) is 18.3 Å². The molecule has 0 bridgehead atoms. The topological polar surface area (TPSA) is 88.6 Å². The van der Waals surface area contributed by atoms with Crippen LogP contribution in [0.1, 0.15) is 5.56 Å². The molecule has 2 aromatic heterocycles. The van der Waals surface area contributed by atoms with Crippen molar-refractivity contribution in [2.24, 2.45) is 0 Å². The summed E-state index contributed by atoms with van der Waals surface area (Å²) in [5.41, 5.74) is 5.75. The molecule has 4 heterocycles. The van der Waals surface area contributed by atoms with E-state index >= 15 is 0 Å². The molecule has 1 amide bonds. The zero-order valence-electron chi connectivity index (χ0n) is 21.1. The third kappa shape index (κ3) is 5.44. The van der Waals surface area contributed by atoms with Gasteiger partial charge in [0.05, 0.1) is 37.0 Å². The minimum Gasteiger partial charge on any atom is -0.436 e. The lowest BCUT2D eigenvalue weighted by Gasteiger charge is -2.28. The number of ether oxygens (including phenoxy) is 2. The van der Waals surface area contributed by atoms with Crippen LogP contribution >= 0.6 is 0 Å². The molecule has 0 unspecified atom stereocenters. The fraction of sp³-hybridized carbons (Fsp3) is 0.167. The van der Waals surface area contributed by atoms with Crippen LogP contribution in [0, 0.1) is 5.82 Å². The van der Waals surface area contributed by atoms with Crippen LogP contribution in [0.25, 0.3) is 16.7 Å². The van der Waals surface area contributed by atoms with Gasteiger partial charge in [-0.05, 0) is 42.0 Å². The standard InChI is InChI=1S/C30H26FN5O3/c31-26-3-1-2-4-28(26)39-29-8-6-22(18-34-29)35-30(37)24-9-10-33-27-7-5-20(16-25(24)27)21-15-23(19-32-17-21)36-11-13-38-14-12-36/h1-9,15-19,33H,10-14H2,(H,35,37). The van der Waals surface area contributed by atoms with Crippen LogP contribution in [-0.2, 0) is 9.53 Å². The summed E-state index contributed by atoms with van der Waals surface area (Å²) in [6.07, 6.45) is 7.05. The smallest absolute Gasteiger partial charge is 0.256 e. The van der Waals surface area contributed by atoms with Gasteiger partial charge < -0.3 is 25.0 Å². The molecular formula is C30H26FN5O3. The zero-order valence-corrected chi connectivity index (χ0v) is 21.1. The second-order valence-corrected chi connectivity index (χ2v) is 9.16. The van der Waals surface area contributed by atoms with Gasteiger partial charge >= 0.3 is 0 Å². The van der Waals surface area contributed by atoms with Crippen LogP contribution in [0.15, 0.2) is 85.3 Å². The molecule has 0 radical (unpaired) electrons. The summed E-state index contributed by atoms with van der Waals surface area (Å²) >= 11 is 0. The SMILES string of the molecule is O=C(Nc1ccc(Oc2ccccc2F)nc1)C1=CCNc2ccc(-c3cncc(N4CCOCC4)c3)cc21. The van der Waals surface area contributed by atoms with Gasteiger partial charge in [-0.1, -0.05) is 24.3 Å². The highest BCUT2D eigenvalue weighted by Gasteiger charge is 2.20. The van der Waals surface area contributed by atoms with E-state index in [9.17, 15) is 9.18 Å². The zero-order chi connectivity index (χ0) is 26.6. The number of carbonyl (C=O) groups is 1. The maximum Gasteiger partial charge on any atom is 0.256 e. The molecule has 2 aliphatic rings. The molecule has 9 heteroatoms. The molecule has 0 atom stereocenters. The molecule has 2 N–H and O–H groups in total. The summed E-state index contributed by atoms with van der Waals surface area (Å²) in [5.74, 6) is -0.419. The van der Waals surface area contributed by atoms with Gasteiger partial charge in [0.1, 0.15) is 0 Å². The van der Waals surface area contributed by atoms with E-state index in [1.54, 1.807) is 24.3 Å². The number of benzene rings is 2. The first-order valence-corrected chi connectivity index (χ1v) is 12.7. The lowest BCUT2D eigenvalue weighted by atomic mass is 9.95. The number of aromatic nitrogens is 2. The van der Waals surface area contributed by atoms with Crippen LogP contribution in [0.2, 0.25) is 0 Å². The van der Waals surface area contributed by atoms with Crippen molar-refractivity contribution in [1.82, 2.24) is 9.97 Å². The van der Waals surface area contributed by atoms with Gasteiger partial charge in [-0.2, -0.15) is 0 Å². The number of hydrogen-bond donors (Lipinski definition) is 2. The first kappa shape index (κ1) is 24.6. The van der Waals surface area contributed by atoms with Crippen LogP contribution in [-0.4, -0.2) is 48.7 Å². The number of para-hydroxylation sites is 1. The summed E-state index contributed by atoms with van der Waals surface area (Å²) in [6, 6.07) is 17.5. The third-order valence-corrected chi connectivity index (χ3v) is 6.63. The molecule has 6 rings (SSSR count). The summed E-state index contributed by atoms with van der Waals surface area (Å²) < 4.78 is 24.8. The minimum absolute atomic E-state index is 0.0831. The predicted molar refractivity (Wildman–Crippen MR) is 149 cm³/mol. The Morgan fingerprint density at radius 2 is 1.87 bits per heavy atom. The molecule has 2 aromatic carbocycles. The Kier molecular flexibility index (Phi) is 6.88. The largest absolute Gasteiger partial charge is 0.436 e. The summed E-state index contributed by atoms with van der Waals surface area (Å²) in [4.78, 5) is 24.2. The predicted octanol–water partition coefficient (Wildman–Crippen LogP) is 5.36. The maximum absolute atomic E-state index is 13.9. The number of nitrogens with one attached hydrogen (secondary N) is 2. The van der Waals surface area contributed by atoms with E-state index in [0.717, 1.165) is 41.2 Å². The summed E-state index contributed by atoms with van der Waals surface area (Å²) in [6.45, 7) is 3.61. The Morgan fingerprint density at radius 1 is 1.00 bits per heavy atom. The Labute approximate surface area is 225 Å². The van der Waals surface area contributed by atoms with Crippen molar-refractivity contribution >= 4 is 28.5 Å². The highest BCUT2D eigenvalue weighted by atomic mass is 19.1. The number of rotatable bonds is 6. The number of carbonyl (C=O) groups excluding carboxylic acids is 1. The molecule has 39 heavy (non-hydrogen) atoms. The number of halogens is 1. The molecule has 0 spiro atoms. The van der Waals surface area contributed by atoms with Crippen LogP contribution in [0.5, 0.6) is 11.6 Å². The van der Waals surface area contributed by atoms with Gasteiger partial charge in [-0.25, -0.2) is 9.37 Å². The highest BCUT2D eigenvalue weighted by molar-refractivity contribution is 6.27. The van der Waals surface area contributed by atoms with Gasteiger partial charge in [-0.15, -0.1) is 0 Å². The lowest BCUT2D eigenvalue weighted by molar-refractivity contribution is -0.111. The number of hydrogen-bond acceptors (Lipinski definition) is 7. The quantitative estimate of drug-likeness (QED) is 0.352. The average molecular weight is 524 g/mol. The average Bonchev–Trinajstić information content (AvgIpc) is 2.99. The van der Waals surface area contributed by atoms with Gasteiger partial charge in [0.25, 0.3) is 5.91 Å². The molecule has 4 aromatic rings. The first-order valence-electron chi connectivity index (χ1n) is 12.7. The van der Waals surface area contributed by atoms with E-state index in [2.05, 4.69) is 31.6 Å². The van der Waals surface area contributed by atoms with Gasteiger partial charge in [0.15, 0.2) is 11.6 Å². The summed E-state index contributed by atoms with van der Waals surface area (Å²) in [5, 5.41) is 6.24. The molecule has 2 aliphatic heterocycles. The van der Waals surface area contributed by atoms with E-state index in [1.807, 2.05) is 36.7 Å². The molecule has 8 nitrogen and oxygen atoms in total. The van der Waals surface area contributed by atoms with Crippen molar-refractivity contribution in [3.05, 3.63) is 96.7 Å². The fourth-order valence-corrected chi connectivity index (χ4v) is 4.62. The molecular weight excluding hydrogens is 497 g/mol. The normalized spacial score (nSPS) is 14.6. The van der Waals surface area contributed by atoms with Crippen LogP contribution < -0.4 is 20.3 Å². The Bertz CT molecular complexity index is 1530. The van der Waals surface area contributed by atoms with Gasteiger partial charge in [0.2, 0.25) is 5.88 Å². The number of nitrogens with zero attached hydrogens (tertiary/aromatic N) is 3. The number of amides is 1. The van der Waals surface area contributed by atoms with Gasteiger partial charge in [-0.3, -0.25) is 9.78 Å². The molecule has 196 valence electrons. The lowest BCUT2D eigenvalue weighted by Crippen LogP contribution is -2.36. The maximum atomic E-state index is 13.9.